The quantitative estimate of drug-likeness (QED) is 0.829. The second-order valence-electron chi connectivity index (χ2n) is 5.12. The molecule has 18 heavy (non-hydrogen) atoms. The molecule has 0 saturated carbocycles. The van der Waals surface area contributed by atoms with Crippen molar-refractivity contribution in [1.29, 1.82) is 0 Å². The molecule has 3 heteroatoms. The molecule has 1 unspecified atom stereocenters. The van der Waals surface area contributed by atoms with Crippen LogP contribution < -0.4 is 5.32 Å². The Morgan fingerprint density at radius 1 is 1.39 bits per heavy atom. The van der Waals surface area contributed by atoms with E-state index in [0.29, 0.717) is 6.04 Å². The average molecular weight is 241 g/mol. The monoisotopic (exact) mass is 241 g/mol. The first-order valence-corrected chi connectivity index (χ1v) is 6.52. The summed E-state index contributed by atoms with van der Waals surface area (Å²) in [5.74, 6) is 0. The molecule has 1 aromatic heterocycles. The minimum atomic E-state index is 0.441. The number of fused-ring (bicyclic) bond motifs is 1. The molecule has 1 fully saturated rings. The summed E-state index contributed by atoms with van der Waals surface area (Å²) in [5.41, 5.74) is 3.67. The van der Waals surface area contributed by atoms with Crippen LogP contribution in [0.25, 0.3) is 10.9 Å². The fourth-order valence-corrected chi connectivity index (χ4v) is 2.69. The first kappa shape index (κ1) is 11.6. The second-order valence-corrected chi connectivity index (χ2v) is 5.12. The Bertz CT molecular complexity index is 565. The van der Waals surface area contributed by atoms with E-state index < -0.39 is 0 Å². The summed E-state index contributed by atoms with van der Waals surface area (Å²) in [6.45, 7) is 5.29. The molecule has 1 atom stereocenters. The van der Waals surface area contributed by atoms with Gasteiger partial charge in [0.25, 0.3) is 0 Å². The Hall–Kier alpha value is -1.45. The molecule has 0 bridgehead atoms. The Balaban J connectivity index is 2.02. The van der Waals surface area contributed by atoms with Gasteiger partial charge in [0.15, 0.2) is 0 Å². The molecule has 94 valence electrons. The van der Waals surface area contributed by atoms with Crippen LogP contribution in [0, 0.1) is 6.92 Å². The lowest BCUT2D eigenvalue weighted by Gasteiger charge is -2.33. The maximum Gasteiger partial charge on any atom is 0.0731 e. The number of aromatic nitrogens is 1. The highest BCUT2D eigenvalue weighted by Crippen LogP contribution is 2.24. The molecule has 1 saturated heterocycles. The molecular formula is C15H19N3. The van der Waals surface area contributed by atoms with E-state index in [1.54, 1.807) is 0 Å². The smallest absolute Gasteiger partial charge is 0.0731 e. The van der Waals surface area contributed by atoms with Crippen molar-refractivity contribution in [2.24, 2.45) is 0 Å². The second kappa shape index (κ2) is 4.67. The highest BCUT2D eigenvalue weighted by atomic mass is 15.2. The third-order valence-electron chi connectivity index (χ3n) is 3.83. The molecule has 0 amide bonds. The first-order chi connectivity index (χ1) is 8.75. The molecule has 0 radical (unpaired) electrons. The largest absolute Gasteiger partial charge is 0.314 e. The van der Waals surface area contributed by atoms with Crippen LogP contribution in [0.3, 0.4) is 0 Å². The van der Waals surface area contributed by atoms with E-state index in [1.165, 1.54) is 16.5 Å². The molecule has 1 aromatic carbocycles. The van der Waals surface area contributed by atoms with Crippen LogP contribution in [0.2, 0.25) is 0 Å². The van der Waals surface area contributed by atoms with Crippen molar-refractivity contribution in [3.05, 3.63) is 41.6 Å². The molecule has 1 aliphatic heterocycles. The summed E-state index contributed by atoms with van der Waals surface area (Å²) in [5, 5.41) is 4.70. The SMILES string of the molecule is Cc1cccc2cc(C3CNCCN3C)cnc12. The van der Waals surface area contributed by atoms with Gasteiger partial charge in [0, 0.05) is 37.3 Å². The number of aryl methyl sites for hydroxylation is 1. The van der Waals surface area contributed by atoms with Crippen LogP contribution in [0.1, 0.15) is 17.2 Å². The Labute approximate surface area is 108 Å². The minimum absolute atomic E-state index is 0.441. The number of nitrogens with one attached hydrogen (secondary N) is 1. The van der Waals surface area contributed by atoms with E-state index in [1.807, 2.05) is 6.20 Å². The van der Waals surface area contributed by atoms with Crippen molar-refractivity contribution in [3.63, 3.8) is 0 Å². The van der Waals surface area contributed by atoms with Gasteiger partial charge in [-0.15, -0.1) is 0 Å². The van der Waals surface area contributed by atoms with Crippen LogP contribution in [0.5, 0.6) is 0 Å². The molecule has 1 N–H and O–H groups in total. The molecule has 0 spiro atoms. The lowest BCUT2D eigenvalue weighted by atomic mass is 10.0. The zero-order valence-electron chi connectivity index (χ0n) is 11.0. The van der Waals surface area contributed by atoms with Gasteiger partial charge in [-0.3, -0.25) is 9.88 Å². The maximum atomic E-state index is 4.64. The number of pyridine rings is 1. The lowest BCUT2D eigenvalue weighted by Crippen LogP contribution is -2.43. The predicted molar refractivity (Wildman–Crippen MR) is 74.7 cm³/mol. The highest BCUT2D eigenvalue weighted by Gasteiger charge is 2.20. The Morgan fingerprint density at radius 2 is 2.28 bits per heavy atom. The van der Waals surface area contributed by atoms with Crippen molar-refractivity contribution in [2.45, 2.75) is 13.0 Å². The van der Waals surface area contributed by atoms with Gasteiger partial charge in [0.05, 0.1) is 5.52 Å². The van der Waals surface area contributed by atoms with E-state index in [9.17, 15) is 0 Å². The van der Waals surface area contributed by atoms with E-state index in [2.05, 4.69) is 53.4 Å². The summed E-state index contributed by atoms with van der Waals surface area (Å²) in [6, 6.07) is 9.09. The van der Waals surface area contributed by atoms with Gasteiger partial charge in [-0.05, 0) is 31.2 Å². The molecule has 2 aromatic rings. The number of hydrogen-bond donors (Lipinski definition) is 1. The van der Waals surface area contributed by atoms with Crippen LogP contribution in [0.4, 0.5) is 0 Å². The third kappa shape index (κ3) is 2.00. The number of likely N-dealkylation sites (N-methyl/N-ethyl adjacent to an activating group) is 1. The molecular weight excluding hydrogens is 222 g/mol. The number of piperazine rings is 1. The first-order valence-electron chi connectivity index (χ1n) is 6.52. The summed E-state index contributed by atoms with van der Waals surface area (Å²) in [7, 11) is 2.19. The summed E-state index contributed by atoms with van der Waals surface area (Å²) in [4.78, 5) is 7.03. The standard InChI is InChI=1S/C15H19N3/c1-11-4-3-5-12-8-13(9-17-15(11)12)14-10-16-6-7-18(14)2/h3-5,8-9,14,16H,6-7,10H2,1-2H3. The topological polar surface area (TPSA) is 28.2 Å². The fraction of sp³-hybridized carbons (Fsp3) is 0.400. The molecule has 1 aliphatic rings. The normalized spacial score (nSPS) is 21.3. The molecule has 3 nitrogen and oxygen atoms in total. The van der Waals surface area contributed by atoms with Crippen LogP contribution in [-0.4, -0.2) is 36.6 Å². The van der Waals surface area contributed by atoms with E-state index in [4.69, 9.17) is 0 Å². The van der Waals surface area contributed by atoms with Crippen molar-refractivity contribution in [2.75, 3.05) is 26.7 Å². The number of benzene rings is 1. The average Bonchev–Trinajstić information content (AvgIpc) is 2.39. The molecule has 0 aliphatic carbocycles. The van der Waals surface area contributed by atoms with Crippen LogP contribution in [0.15, 0.2) is 30.5 Å². The van der Waals surface area contributed by atoms with Gasteiger partial charge in [-0.2, -0.15) is 0 Å². The van der Waals surface area contributed by atoms with Gasteiger partial charge < -0.3 is 5.32 Å². The van der Waals surface area contributed by atoms with E-state index in [-0.39, 0.29) is 0 Å². The van der Waals surface area contributed by atoms with E-state index in [0.717, 1.165) is 25.2 Å². The number of rotatable bonds is 1. The molecule has 3 rings (SSSR count). The number of para-hydroxylation sites is 1. The number of nitrogens with zero attached hydrogens (tertiary/aromatic N) is 2. The van der Waals surface area contributed by atoms with Crippen molar-refractivity contribution in [3.8, 4) is 0 Å². The summed E-state index contributed by atoms with van der Waals surface area (Å²) < 4.78 is 0. The summed E-state index contributed by atoms with van der Waals surface area (Å²) >= 11 is 0. The zero-order valence-corrected chi connectivity index (χ0v) is 11.0. The minimum Gasteiger partial charge on any atom is -0.314 e. The van der Waals surface area contributed by atoms with Crippen molar-refractivity contribution < 1.29 is 0 Å². The maximum absolute atomic E-state index is 4.64. The Morgan fingerprint density at radius 3 is 3.11 bits per heavy atom. The zero-order chi connectivity index (χ0) is 12.5. The van der Waals surface area contributed by atoms with Gasteiger partial charge in [0.1, 0.15) is 0 Å². The van der Waals surface area contributed by atoms with Gasteiger partial charge in [0.2, 0.25) is 0 Å². The van der Waals surface area contributed by atoms with Gasteiger partial charge in [-0.1, -0.05) is 18.2 Å². The summed E-state index contributed by atoms with van der Waals surface area (Å²) in [6.07, 6.45) is 2.03. The molecule has 2 heterocycles. The Kier molecular flexibility index (Phi) is 3.02. The number of hydrogen-bond acceptors (Lipinski definition) is 3. The third-order valence-corrected chi connectivity index (χ3v) is 3.83. The van der Waals surface area contributed by atoms with Crippen LogP contribution >= 0.6 is 0 Å². The van der Waals surface area contributed by atoms with Crippen molar-refractivity contribution in [1.82, 2.24) is 15.2 Å². The van der Waals surface area contributed by atoms with Crippen molar-refractivity contribution >= 4 is 10.9 Å². The van der Waals surface area contributed by atoms with Crippen LogP contribution in [-0.2, 0) is 0 Å². The van der Waals surface area contributed by atoms with Gasteiger partial charge >= 0.3 is 0 Å². The van der Waals surface area contributed by atoms with Gasteiger partial charge in [-0.25, -0.2) is 0 Å². The highest BCUT2D eigenvalue weighted by molar-refractivity contribution is 5.82. The predicted octanol–water partition coefficient (Wildman–Crippen LogP) is 2.12. The van der Waals surface area contributed by atoms with E-state index >= 15 is 0 Å². The lowest BCUT2D eigenvalue weighted by molar-refractivity contribution is 0.202. The fourth-order valence-electron chi connectivity index (χ4n) is 2.69.